The van der Waals surface area contributed by atoms with Gasteiger partial charge in [0.15, 0.2) is 17.9 Å². The van der Waals surface area contributed by atoms with Gasteiger partial charge >= 0.3 is 0 Å². The minimum atomic E-state index is -1.30. The van der Waals surface area contributed by atoms with Gasteiger partial charge < -0.3 is 33.9 Å². The van der Waals surface area contributed by atoms with E-state index in [9.17, 15) is 10.2 Å². The molecular formula is C19H30O7. The molecule has 0 bridgehead atoms. The van der Waals surface area contributed by atoms with Crippen LogP contribution in [0, 0.1) is 0 Å². The molecule has 0 aromatic rings. The molecule has 2 saturated carbocycles. The van der Waals surface area contributed by atoms with Gasteiger partial charge in [-0.05, 0) is 25.7 Å². The van der Waals surface area contributed by atoms with Crippen LogP contribution in [0.2, 0.25) is 0 Å². The average molecular weight is 370 g/mol. The second kappa shape index (κ2) is 6.65. The van der Waals surface area contributed by atoms with Crippen molar-refractivity contribution in [1.82, 2.24) is 0 Å². The SMILES string of the molecule is OC1C2OC3(CCCCC3)OC2C([C@H]2COC3(CCCCC3)O2)O[C@H]1O. The zero-order valence-electron chi connectivity index (χ0n) is 15.2. The first kappa shape index (κ1) is 17.8. The second-order valence-corrected chi connectivity index (χ2v) is 8.56. The molecule has 6 atom stereocenters. The highest BCUT2D eigenvalue weighted by Crippen LogP contribution is 2.47. The molecule has 0 aromatic heterocycles. The molecule has 0 aromatic carbocycles. The Bertz CT molecular complexity index is 514. The van der Waals surface area contributed by atoms with E-state index in [0.29, 0.717) is 6.61 Å². The van der Waals surface area contributed by atoms with Crippen LogP contribution in [-0.4, -0.2) is 65.2 Å². The summed E-state index contributed by atoms with van der Waals surface area (Å²) >= 11 is 0. The maximum Gasteiger partial charge on any atom is 0.184 e. The maximum atomic E-state index is 10.4. The van der Waals surface area contributed by atoms with Crippen LogP contribution >= 0.6 is 0 Å². The van der Waals surface area contributed by atoms with E-state index >= 15 is 0 Å². The predicted molar refractivity (Wildman–Crippen MR) is 89.1 cm³/mol. The third-order valence-electron chi connectivity index (χ3n) is 6.75. The zero-order valence-corrected chi connectivity index (χ0v) is 15.2. The first-order valence-electron chi connectivity index (χ1n) is 10.3. The normalized spacial score (nSPS) is 47.3. The number of hydrogen-bond donors (Lipinski definition) is 2. The molecule has 2 spiro atoms. The van der Waals surface area contributed by atoms with E-state index in [1.165, 1.54) is 12.8 Å². The summed E-state index contributed by atoms with van der Waals surface area (Å²) in [6.45, 7) is 0.424. The predicted octanol–water partition coefficient (Wildman–Crippen LogP) is 1.58. The summed E-state index contributed by atoms with van der Waals surface area (Å²) in [5, 5.41) is 20.7. The van der Waals surface area contributed by atoms with Crippen molar-refractivity contribution >= 4 is 0 Å². The third-order valence-corrected chi connectivity index (χ3v) is 6.75. The Hall–Kier alpha value is -0.280. The highest BCUT2D eigenvalue weighted by molar-refractivity contribution is 5.02. The van der Waals surface area contributed by atoms with Crippen LogP contribution < -0.4 is 0 Å². The van der Waals surface area contributed by atoms with Gasteiger partial charge in [-0.2, -0.15) is 0 Å². The Labute approximate surface area is 153 Å². The Balaban J connectivity index is 1.35. The summed E-state index contributed by atoms with van der Waals surface area (Å²) in [5.74, 6) is -1.16. The smallest absolute Gasteiger partial charge is 0.184 e. The fourth-order valence-corrected chi connectivity index (χ4v) is 5.37. The number of aliphatic hydroxyl groups excluding tert-OH is 2. The molecule has 3 aliphatic heterocycles. The van der Waals surface area contributed by atoms with Crippen LogP contribution in [0.4, 0.5) is 0 Å². The largest absolute Gasteiger partial charge is 0.385 e. The highest BCUT2D eigenvalue weighted by Gasteiger charge is 2.60. The quantitative estimate of drug-likeness (QED) is 0.725. The van der Waals surface area contributed by atoms with E-state index in [0.717, 1.165) is 51.4 Å². The first-order chi connectivity index (χ1) is 12.6. The summed E-state index contributed by atoms with van der Waals surface area (Å²) < 4.78 is 30.7. The van der Waals surface area contributed by atoms with Crippen molar-refractivity contribution in [2.24, 2.45) is 0 Å². The van der Waals surface area contributed by atoms with Crippen molar-refractivity contribution in [3.8, 4) is 0 Å². The Morgan fingerprint density at radius 3 is 1.96 bits per heavy atom. The number of fused-ring (bicyclic) bond motifs is 1. The van der Waals surface area contributed by atoms with Crippen LogP contribution in [0.25, 0.3) is 0 Å². The molecule has 5 fully saturated rings. The minimum absolute atomic E-state index is 0.315. The van der Waals surface area contributed by atoms with E-state index in [1.807, 2.05) is 0 Å². The molecule has 0 radical (unpaired) electrons. The van der Waals surface area contributed by atoms with Crippen LogP contribution in [0.15, 0.2) is 0 Å². The van der Waals surface area contributed by atoms with Gasteiger partial charge in [-0.25, -0.2) is 0 Å². The number of ether oxygens (including phenoxy) is 5. The molecule has 3 heterocycles. The van der Waals surface area contributed by atoms with E-state index in [1.54, 1.807) is 0 Å². The minimum Gasteiger partial charge on any atom is -0.385 e. The summed E-state index contributed by atoms with van der Waals surface area (Å²) in [6, 6.07) is 0. The zero-order chi connectivity index (χ0) is 17.8. The summed E-state index contributed by atoms with van der Waals surface area (Å²) in [6.07, 6.45) is 5.90. The van der Waals surface area contributed by atoms with Gasteiger partial charge in [-0.1, -0.05) is 12.8 Å². The molecule has 4 unspecified atom stereocenters. The van der Waals surface area contributed by atoms with Crippen LogP contribution in [0.1, 0.15) is 64.2 Å². The van der Waals surface area contributed by atoms with Crippen molar-refractivity contribution in [2.45, 2.75) is 113 Å². The lowest BCUT2D eigenvalue weighted by atomic mass is 9.93. The summed E-state index contributed by atoms with van der Waals surface area (Å²) in [7, 11) is 0. The molecule has 3 saturated heterocycles. The second-order valence-electron chi connectivity index (χ2n) is 8.56. The van der Waals surface area contributed by atoms with Crippen molar-refractivity contribution in [1.29, 1.82) is 0 Å². The molecule has 0 amide bonds. The average Bonchev–Trinajstić information content (AvgIpc) is 3.22. The first-order valence-corrected chi connectivity index (χ1v) is 10.3. The summed E-state index contributed by atoms with van der Waals surface area (Å²) in [5.41, 5.74) is 0. The van der Waals surface area contributed by atoms with Gasteiger partial charge in [-0.3, -0.25) is 0 Å². The van der Waals surface area contributed by atoms with Crippen LogP contribution in [0.3, 0.4) is 0 Å². The van der Waals surface area contributed by atoms with Crippen molar-refractivity contribution in [3.63, 3.8) is 0 Å². The third kappa shape index (κ3) is 2.92. The lowest BCUT2D eigenvalue weighted by molar-refractivity contribution is -0.284. The van der Waals surface area contributed by atoms with Gasteiger partial charge in [0.25, 0.3) is 0 Å². The topological polar surface area (TPSA) is 86.6 Å². The molecule has 148 valence electrons. The lowest BCUT2D eigenvalue weighted by Crippen LogP contribution is -2.60. The van der Waals surface area contributed by atoms with Crippen molar-refractivity contribution in [3.05, 3.63) is 0 Å². The molecule has 2 aliphatic carbocycles. The van der Waals surface area contributed by atoms with E-state index in [4.69, 9.17) is 23.7 Å². The molecule has 26 heavy (non-hydrogen) atoms. The van der Waals surface area contributed by atoms with E-state index in [2.05, 4.69) is 0 Å². The molecular weight excluding hydrogens is 340 g/mol. The van der Waals surface area contributed by atoms with Gasteiger partial charge in [0.2, 0.25) is 0 Å². The van der Waals surface area contributed by atoms with Crippen molar-refractivity contribution in [2.75, 3.05) is 6.61 Å². The standard InChI is InChI=1S/C19H30O7/c20-13-15-16(26-19(25-15)9-5-2-6-10-19)14(23-17(13)21)12-11-22-18(24-12)7-3-1-4-8-18/h12-17,20-21H,1-11H2/t12-,13?,14?,15?,16?,17-/m1/s1. The maximum absolute atomic E-state index is 10.4. The van der Waals surface area contributed by atoms with Crippen molar-refractivity contribution < 1.29 is 33.9 Å². The molecule has 7 heteroatoms. The molecule has 5 aliphatic rings. The number of rotatable bonds is 1. The lowest BCUT2D eigenvalue weighted by Gasteiger charge is -2.40. The Morgan fingerprint density at radius 2 is 1.27 bits per heavy atom. The van der Waals surface area contributed by atoms with Crippen LogP contribution in [-0.2, 0) is 23.7 Å². The fourth-order valence-electron chi connectivity index (χ4n) is 5.37. The fraction of sp³-hybridized carbons (Fsp3) is 1.00. The van der Waals surface area contributed by atoms with Gasteiger partial charge in [-0.15, -0.1) is 0 Å². The van der Waals surface area contributed by atoms with Gasteiger partial charge in [0.05, 0.1) is 6.61 Å². The monoisotopic (exact) mass is 370 g/mol. The van der Waals surface area contributed by atoms with Crippen LogP contribution in [0.5, 0.6) is 0 Å². The number of hydrogen-bond acceptors (Lipinski definition) is 7. The molecule has 7 nitrogen and oxygen atoms in total. The van der Waals surface area contributed by atoms with E-state index in [-0.39, 0.29) is 6.10 Å². The van der Waals surface area contributed by atoms with Gasteiger partial charge in [0.1, 0.15) is 30.5 Å². The molecule has 2 N–H and O–H groups in total. The highest BCUT2D eigenvalue weighted by atomic mass is 16.8. The summed E-state index contributed by atoms with van der Waals surface area (Å²) in [4.78, 5) is 0. The van der Waals surface area contributed by atoms with Gasteiger partial charge in [0, 0.05) is 25.7 Å². The Kier molecular flexibility index (Phi) is 4.55. The molecule has 5 rings (SSSR count). The Morgan fingerprint density at radius 1 is 0.654 bits per heavy atom. The number of aliphatic hydroxyl groups is 2. The van der Waals surface area contributed by atoms with E-state index < -0.39 is 42.3 Å².